The van der Waals surface area contributed by atoms with Crippen molar-refractivity contribution in [1.29, 1.82) is 0 Å². The van der Waals surface area contributed by atoms with Crippen LogP contribution >= 0.6 is 0 Å². The van der Waals surface area contributed by atoms with Gasteiger partial charge in [-0.2, -0.15) is 4.98 Å². The number of aromatic amines is 1. The van der Waals surface area contributed by atoms with Gasteiger partial charge in [0.25, 0.3) is 5.92 Å². The van der Waals surface area contributed by atoms with E-state index in [-0.39, 0.29) is 18.9 Å². The van der Waals surface area contributed by atoms with Crippen LogP contribution in [0.15, 0.2) is 43.1 Å². The summed E-state index contributed by atoms with van der Waals surface area (Å²) in [5.41, 5.74) is 3.51. The van der Waals surface area contributed by atoms with E-state index in [1.54, 1.807) is 12.4 Å². The summed E-state index contributed by atoms with van der Waals surface area (Å²) >= 11 is 0. The summed E-state index contributed by atoms with van der Waals surface area (Å²) in [6.45, 7) is 0. The lowest BCUT2D eigenvalue weighted by Gasteiger charge is -2.35. The lowest BCUT2D eigenvalue weighted by atomic mass is 9.88. The molecule has 0 atom stereocenters. The summed E-state index contributed by atoms with van der Waals surface area (Å²) in [5, 5.41) is 4.78. The smallest absolute Gasteiger partial charge is 0.252 e. The largest absolute Gasteiger partial charge is 0.351 e. The molecule has 130 valence electrons. The molecule has 1 aromatic carbocycles. The van der Waals surface area contributed by atoms with Crippen LogP contribution in [0.3, 0.4) is 0 Å². The second kappa shape index (κ2) is 5.42. The minimum atomic E-state index is -2.57. The minimum Gasteiger partial charge on any atom is -0.351 e. The van der Waals surface area contributed by atoms with E-state index < -0.39 is 5.92 Å². The second-order valence-corrected chi connectivity index (χ2v) is 6.56. The van der Waals surface area contributed by atoms with Crippen LogP contribution in [0.1, 0.15) is 12.8 Å². The number of benzene rings is 1. The van der Waals surface area contributed by atoms with Gasteiger partial charge in [-0.1, -0.05) is 6.07 Å². The van der Waals surface area contributed by atoms with Gasteiger partial charge in [0.2, 0.25) is 5.95 Å². The van der Waals surface area contributed by atoms with Crippen molar-refractivity contribution in [2.24, 2.45) is 0 Å². The summed E-state index contributed by atoms with van der Waals surface area (Å²) in [6.07, 6.45) is 6.51. The molecule has 0 amide bonds. The topological polar surface area (TPSA) is 79.4 Å². The van der Waals surface area contributed by atoms with Gasteiger partial charge in [0.15, 0.2) is 0 Å². The van der Waals surface area contributed by atoms with Gasteiger partial charge in [0, 0.05) is 53.8 Å². The number of anilines is 1. The highest BCUT2D eigenvalue weighted by molar-refractivity contribution is 5.96. The third kappa shape index (κ3) is 2.54. The van der Waals surface area contributed by atoms with Crippen molar-refractivity contribution in [1.82, 2.24) is 24.9 Å². The van der Waals surface area contributed by atoms with Crippen LogP contribution < -0.4 is 5.32 Å². The van der Waals surface area contributed by atoms with Crippen LogP contribution in [0.2, 0.25) is 0 Å². The van der Waals surface area contributed by atoms with Gasteiger partial charge in [-0.25, -0.2) is 23.7 Å². The Morgan fingerprint density at radius 2 is 2.04 bits per heavy atom. The number of H-pyrrole nitrogens is 1. The van der Waals surface area contributed by atoms with Crippen LogP contribution in [0.5, 0.6) is 0 Å². The standard InChI is InChI=1S/C18H14F2N6/c19-18(20)4-12(5-18)25-17-23-8-14-13(7-22-16(14)26-17)10-1-2-15-11(3-10)6-21-9-24-15/h1-3,6-9,12H,4-5H2,(H2,22,23,25,26). The number of hydrogen-bond donors (Lipinski definition) is 2. The molecule has 6 nitrogen and oxygen atoms in total. The third-order valence-corrected chi connectivity index (χ3v) is 4.67. The maximum Gasteiger partial charge on any atom is 0.252 e. The fourth-order valence-corrected chi connectivity index (χ4v) is 3.31. The Bertz CT molecular complexity index is 1120. The number of nitrogens with one attached hydrogen (secondary N) is 2. The van der Waals surface area contributed by atoms with Crippen LogP contribution in [0, 0.1) is 0 Å². The Kier molecular flexibility index (Phi) is 3.15. The van der Waals surface area contributed by atoms with E-state index in [0.29, 0.717) is 11.6 Å². The Morgan fingerprint density at radius 3 is 2.88 bits per heavy atom. The number of fused-ring (bicyclic) bond motifs is 2. The Morgan fingerprint density at radius 1 is 1.15 bits per heavy atom. The van der Waals surface area contributed by atoms with Crippen molar-refractivity contribution < 1.29 is 8.78 Å². The molecule has 0 radical (unpaired) electrons. The zero-order chi connectivity index (χ0) is 17.7. The zero-order valence-corrected chi connectivity index (χ0v) is 13.6. The number of nitrogens with zero attached hydrogens (tertiary/aromatic N) is 4. The Hall–Kier alpha value is -3.16. The van der Waals surface area contributed by atoms with Gasteiger partial charge in [-0.05, 0) is 17.7 Å². The zero-order valence-electron chi connectivity index (χ0n) is 13.6. The first-order chi connectivity index (χ1) is 12.6. The summed E-state index contributed by atoms with van der Waals surface area (Å²) < 4.78 is 25.9. The lowest BCUT2D eigenvalue weighted by Crippen LogP contribution is -2.44. The SMILES string of the molecule is FC1(F)CC(Nc2ncc3c(-c4ccc5ncncc5c4)c[nH]c3n2)C1. The van der Waals surface area contributed by atoms with E-state index in [2.05, 4.69) is 30.2 Å². The van der Waals surface area contributed by atoms with Gasteiger partial charge in [-0.3, -0.25) is 0 Å². The van der Waals surface area contributed by atoms with Crippen LogP contribution in [-0.2, 0) is 0 Å². The molecular formula is C18H14F2N6. The quantitative estimate of drug-likeness (QED) is 0.587. The van der Waals surface area contributed by atoms with Crippen LogP contribution in [-0.4, -0.2) is 36.9 Å². The van der Waals surface area contributed by atoms with E-state index in [9.17, 15) is 8.78 Å². The van der Waals surface area contributed by atoms with Crippen molar-refractivity contribution in [3.63, 3.8) is 0 Å². The fraction of sp³-hybridized carbons (Fsp3) is 0.222. The monoisotopic (exact) mass is 352 g/mol. The molecule has 26 heavy (non-hydrogen) atoms. The molecule has 3 aromatic heterocycles. The fourth-order valence-electron chi connectivity index (χ4n) is 3.31. The maximum atomic E-state index is 13.0. The van der Waals surface area contributed by atoms with Gasteiger partial charge < -0.3 is 10.3 Å². The minimum absolute atomic E-state index is 0.177. The van der Waals surface area contributed by atoms with Crippen molar-refractivity contribution in [3.8, 4) is 11.1 Å². The van der Waals surface area contributed by atoms with Crippen molar-refractivity contribution >= 4 is 27.9 Å². The van der Waals surface area contributed by atoms with Gasteiger partial charge in [0.1, 0.15) is 12.0 Å². The first kappa shape index (κ1) is 15.1. The number of alkyl halides is 2. The maximum absolute atomic E-state index is 13.0. The first-order valence-corrected chi connectivity index (χ1v) is 8.26. The molecule has 0 spiro atoms. The highest BCUT2D eigenvalue weighted by Gasteiger charge is 2.45. The molecule has 0 aliphatic heterocycles. The molecule has 3 heterocycles. The van der Waals surface area contributed by atoms with E-state index >= 15 is 0 Å². The molecule has 5 rings (SSSR count). The molecule has 8 heteroatoms. The third-order valence-electron chi connectivity index (χ3n) is 4.67. The average molecular weight is 352 g/mol. The molecule has 2 N–H and O–H groups in total. The number of halogens is 2. The highest BCUT2D eigenvalue weighted by Crippen LogP contribution is 2.38. The predicted octanol–water partition coefficient (Wildman–Crippen LogP) is 3.78. The van der Waals surface area contributed by atoms with Crippen LogP contribution in [0.25, 0.3) is 33.1 Å². The van der Waals surface area contributed by atoms with E-state index in [4.69, 9.17) is 0 Å². The molecule has 1 fully saturated rings. The van der Waals surface area contributed by atoms with Crippen molar-refractivity contribution in [3.05, 3.63) is 43.1 Å². The molecule has 0 bridgehead atoms. The number of hydrogen-bond acceptors (Lipinski definition) is 5. The van der Waals surface area contributed by atoms with Crippen molar-refractivity contribution in [2.75, 3.05) is 5.32 Å². The lowest BCUT2D eigenvalue weighted by molar-refractivity contribution is -0.0794. The molecule has 1 aliphatic carbocycles. The normalized spacial score (nSPS) is 16.7. The highest BCUT2D eigenvalue weighted by atomic mass is 19.3. The van der Waals surface area contributed by atoms with Crippen LogP contribution in [0.4, 0.5) is 14.7 Å². The molecule has 0 unspecified atom stereocenters. The summed E-state index contributed by atoms with van der Waals surface area (Å²) in [7, 11) is 0. The van der Waals surface area contributed by atoms with Gasteiger partial charge in [-0.15, -0.1) is 0 Å². The van der Waals surface area contributed by atoms with Gasteiger partial charge in [0.05, 0.1) is 5.52 Å². The molecule has 0 saturated heterocycles. The Labute approximate surface area is 146 Å². The van der Waals surface area contributed by atoms with E-state index in [1.165, 1.54) is 6.33 Å². The molecule has 1 saturated carbocycles. The Balaban J connectivity index is 1.47. The van der Waals surface area contributed by atoms with Gasteiger partial charge >= 0.3 is 0 Å². The summed E-state index contributed by atoms with van der Waals surface area (Å²) in [6, 6.07) is 5.66. The number of aromatic nitrogens is 5. The predicted molar refractivity (Wildman–Crippen MR) is 94.0 cm³/mol. The summed E-state index contributed by atoms with van der Waals surface area (Å²) in [4.78, 5) is 20.1. The molecule has 1 aliphatic rings. The molecule has 4 aromatic rings. The molecular weight excluding hydrogens is 338 g/mol. The van der Waals surface area contributed by atoms with Crippen molar-refractivity contribution in [2.45, 2.75) is 24.8 Å². The second-order valence-electron chi connectivity index (χ2n) is 6.56. The van der Waals surface area contributed by atoms with E-state index in [1.807, 2.05) is 24.4 Å². The average Bonchev–Trinajstić information content (AvgIpc) is 3.03. The van der Waals surface area contributed by atoms with E-state index in [0.717, 1.165) is 27.4 Å². The number of rotatable bonds is 3. The first-order valence-electron chi connectivity index (χ1n) is 8.26. The summed E-state index contributed by atoms with van der Waals surface area (Å²) in [5.74, 6) is -2.21.